The van der Waals surface area contributed by atoms with E-state index in [2.05, 4.69) is 30.7 Å². The number of aromatic nitrogens is 5. The summed E-state index contributed by atoms with van der Waals surface area (Å²) in [6.07, 6.45) is 1.48. The molecule has 0 unspecified atom stereocenters. The number of hydrogen-bond donors (Lipinski definition) is 3. The van der Waals surface area contributed by atoms with Crippen LogP contribution in [0, 0.1) is 0 Å². The van der Waals surface area contributed by atoms with Crippen molar-refractivity contribution in [2.45, 2.75) is 6.54 Å². The lowest BCUT2D eigenvalue weighted by atomic mass is 10.0. The van der Waals surface area contributed by atoms with Crippen LogP contribution in [0.1, 0.15) is 15.9 Å². The highest BCUT2D eigenvalue weighted by Crippen LogP contribution is 2.29. The molecule has 0 spiro atoms. The molecule has 2 aromatic heterocycles. The van der Waals surface area contributed by atoms with Crippen molar-refractivity contribution in [1.29, 1.82) is 0 Å². The van der Waals surface area contributed by atoms with E-state index in [4.69, 9.17) is 0 Å². The Morgan fingerprint density at radius 1 is 0.900 bits per heavy atom. The van der Waals surface area contributed by atoms with Crippen LogP contribution in [-0.2, 0) is 6.54 Å². The van der Waals surface area contributed by atoms with E-state index in [1.165, 1.54) is 6.33 Å². The van der Waals surface area contributed by atoms with Gasteiger partial charge in [0.25, 0.3) is 5.91 Å². The maximum absolute atomic E-state index is 12.7. The lowest BCUT2D eigenvalue weighted by Gasteiger charge is -2.07. The Hall–Kier alpha value is -4.26. The summed E-state index contributed by atoms with van der Waals surface area (Å²) in [5, 5.41) is 18.2. The molecule has 0 radical (unpaired) electrons. The highest BCUT2D eigenvalue weighted by Gasteiger charge is 2.13. The largest absolute Gasteiger partial charge is 0.348 e. The second-order valence-corrected chi connectivity index (χ2v) is 6.92. The van der Waals surface area contributed by atoms with Gasteiger partial charge in [0.2, 0.25) is 0 Å². The summed E-state index contributed by atoms with van der Waals surface area (Å²) in [6.45, 7) is 0.482. The van der Waals surface area contributed by atoms with Crippen molar-refractivity contribution in [1.82, 2.24) is 30.7 Å². The standard InChI is InChI=1S/C23H18N6O/c30-23(24-13-15-5-2-1-3-6-15)18-8-4-7-16(11-18)21-19-12-17(22-25-14-26-29-22)9-10-20(19)27-28-21/h1-12,14H,13H2,(H,24,30)(H,27,28)(H,25,26,29). The Morgan fingerprint density at radius 3 is 2.63 bits per heavy atom. The summed E-state index contributed by atoms with van der Waals surface area (Å²) in [4.78, 5) is 16.9. The van der Waals surface area contributed by atoms with E-state index in [1.807, 2.05) is 66.7 Å². The molecule has 5 rings (SSSR count). The molecule has 30 heavy (non-hydrogen) atoms. The monoisotopic (exact) mass is 394 g/mol. The number of nitrogens with one attached hydrogen (secondary N) is 3. The van der Waals surface area contributed by atoms with Gasteiger partial charge in [0, 0.05) is 28.6 Å². The van der Waals surface area contributed by atoms with E-state index in [-0.39, 0.29) is 5.91 Å². The zero-order valence-electron chi connectivity index (χ0n) is 16.0. The lowest BCUT2D eigenvalue weighted by molar-refractivity contribution is 0.0951. The Labute approximate surface area is 172 Å². The van der Waals surface area contributed by atoms with E-state index in [9.17, 15) is 4.79 Å². The Balaban J connectivity index is 1.44. The molecule has 0 bridgehead atoms. The number of H-pyrrole nitrogens is 2. The van der Waals surface area contributed by atoms with Gasteiger partial charge in [0.15, 0.2) is 5.82 Å². The first-order valence-electron chi connectivity index (χ1n) is 9.54. The molecule has 0 fully saturated rings. The average Bonchev–Trinajstić information content (AvgIpc) is 3.48. The first-order chi connectivity index (χ1) is 14.8. The molecule has 3 aromatic carbocycles. The van der Waals surface area contributed by atoms with E-state index in [1.54, 1.807) is 6.07 Å². The Kier molecular flexibility index (Phi) is 4.53. The van der Waals surface area contributed by atoms with E-state index < -0.39 is 0 Å². The third-order valence-electron chi connectivity index (χ3n) is 4.95. The van der Waals surface area contributed by atoms with E-state index in [0.29, 0.717) is 17.9 Å². The highest BCUT2D eigenvalue weighted by atomic mass is 16.1. The van der Waals surface area contributed by atoms with Gasteiger partial charge in [-0.15, -0.1) is 0 Å². The van der Waals surface area contributed by atoms with Gasteiger partial charge in [-0.05, 0) is 35.9 Å². The molecular formula is C23H18N6O. The fraction of sp³-hybridized carbons (Fsp3) is 0.0435. The van der Waals surface area contributed by atoms with Crippen molar-refractivity contribution in [3.8, 4) is 22.6 Å². The Bertz CT molecular complexity index is 1310. The normalized spacial score (nSPS) is 10.9. The molecule has 7 heteroatoms. The van der Waals surface area contributed by atoms with Crippen LogP contribution in [0.5, 0.6) is 0 Å². The van der Waals surface area contributed by atoms with Crippen LogP contribution in [0.4, 0.5) is 0 Å². The Morgan fingerprint density at radius 2 is 1.80 bits per heavy atom. The molecule has 2 heterocycles. The van der Waals surface area contributed by atoms with Gasteiger partial charge in [0.05, 0.1) is 11.2 Å². The van der Waals surface area contributed by atoms with Crippen molar-refractivity contribution in [2.24, 2.45) is 0 Å². The van der Waals surface area contributed by atoms with Crippen molar-refractivity contribution >= 4 is 16.8 Å². The van der Waals surface area contributed by atoms with Gasteiger partial charge in [-0.2, -0.15) is 10.2 Å². The molecule has 3 N–H and O–H groups in total. The number of carbonyl (C=O) groups is 1. The van der Waals surface area contributed by atoms with Crippen LogP contribution < -0.4 is 5.32 Å². The summed E-state index contributed by atoms with van der Waals surface area (Å²) in [5.74, 6) is 0.570. The average molecular weight is 394 g/mol. The molecule has 0 saturated carbocycles. The molecule has 5 aromatic rings. The molecule has 0 saturated heterocycles. The number of aromatic amines is 2. The number of fused-ring (bicyclic) bond motifs is 1. The summed E-state index contributed by atoms with van der Waals surface area (Å²) in [7, 11) is 0. The molecule has 0 aliphatic rings. The smallest absolute Gasteiger partial charge is 0.251 e. The number of carbonyl (C=O) groups excluding carboxylic acids is 1. The third-order valence-corrected chi connectivity index (χ3v) is 4.95. The molecule has 0 atom stereocenters. The van der Waals surface area contributed by atoms with Crippen molar-refractivity contribution < 1.29 is 4.79 Å². The molecule has 0 aliphatic heterocycles. The van der Waals surface area contributed by atoms with Gasteiger partial charge in [0.1, 0.15) is 6.33 Å². The molecule has 7 nitrogen and oxygen atoms in total. The zero-order chi connectivity index (χ0) is 20.3. The van der Waals surface area contributed by atoms with Crippen molar-refractivity contribution in [3.05, 3.63) is 90.3 Å². The van der Waals surface area contributed by atoms with Crippen LogP contribution >= 0.6 is 0 Å². The maximum atomic E-state index is 12.7. The minimum Gasteiger partial charge on any atom is -0.348 e. The summed E-state index contributed by atoms with van der Waals surface area (Å²) in [5.41, 5.74) is 5.12. The predicted octanol–water partition coefficient (Wildman–Crippen LogP) is 3.95. The van der Waals surface area contributed by atoms with Gasteiger partial charge in [-0.25, -0.2) is 4.98 Å². The lowest BCUT2D eigenvalue weighted by Crippen LogP contribution is -2.22. The second-order valence-electron chi connectivity index (χ2n) is 6.92. The minimum absolute atomic E-state index is 0.122. The molecule has 1 amide bonds. The molecule has 146 valence electrons. The van der Waals surface area contributed by atoms with Gasteiger partial charge >= 0.3 is 0 Å². The first kappa shape index (κ1) is 17.8. The first-order valence-corrected chi connectivity index (χ1v) is 9.54. The number of hydrogen-bond acceptors (Lipinski definition) is 4. The fourth-order valence-corrected chi connectivity index (χ4v) is 3.41. The highest BCUT2D eigenvalue weighted by molar-refractivity contribution is 5.98. The van der Waals surface area contributed by atoms with Crippen LogP contribution in [0.25, 0.3) is 33.5 Å². The van der Waals surface area contributed by atoms with Crippen molar-refractivity contribution in [2.75, 3.05) is 0 Å². The summed E-state index contributed by atoms with van der Waals surface area (Å²) in [6, 6.07) is 23.2. The predicted molar refractivity (Wildman–Crippen MR) is 115 cm³/mol. The van der Waals surface area contributed by atoms with Crippen LogP contribution in [-0.4, -0.2) is 31.3 Å². The number of benzene rings is 3. The van der Waals surface area contributed by atoms with Gasteiger partial charge < -0.3 is 5.32 Å². The van der Waals surface area contributed by atoms with Crippen LogP contribution in [0.15, 0.2) is 79.1 Å². The third kappa shape index (κ3) is 3.44. The topological polar surface area (TPSA) is 99.3 Å². The maximum Gasteiger partial charge on any atom is 0.251 e. The summed E-state index contributed by atoms with van der Waals surface area (Å²) >= 11 is 0. The SMILES string of the molecule is O=C(NCc1ccccc1)c1cccc(-c2n[nH]c3ccc(-c4ncn[nH]4)cc23)c1. The van der Waals surface area contributed by atoms with Crippen molar-refractivity contribution in [3.63, 3.8) is 0 Å². The van der Waals surface area contributed by atoms with Gasteiger partial charge in [-0.1, -0.05) is 42.5 Å². The number of amides is 1. The van der Waals surface area contributed by atoms with Gasteiger partial charge in [-0.3, -0.25) is 15.0 Å². The number of rotatable bonds is 5. The number of nitrogens with zero attached hydrogens (tertiary/aromatic N) is 3. The van der Waals surface area contributed by atoms with E-state index in [0.717, 1.165) is 33.3 Å². The van der Waals surface area contributed by atoms with Crippen LogP contribution in [0.3, 0.4) is 0 Å². The van der Waals surface area contributed by atoms with Crippen LogP contribution in [0.2, 0.25) is 0 Å². The summed E-state index contributed by atoms with van der Waals surface area (Å²) < 4.78 is 0. The molecular weight excluding hydrogens is 376 g/mol. The molecule has 0 aliphatic carbocycles. The van der Waals surface area contributed by atoms with E-state index >= 15 is 0 Å². The zero-order valence-corrected chi connectivity index (χ0v) is 16.0. The quantitative estimate of drug-likeness (QED) is 0.420. The fourth-order valence-electron chi connectivity index (χ4n) is 3.41. The second kappa shape index (κ2) is 7.63. The minimum atomic E-state index is -0.122.